The lowest BCUT2D eigenvalue weighted by molar-refractivity contribution is 0.751. The van der Waals surface area contributed by atoms with Crippen molar-refractivity contribution < 1.29 is 0 Å². The molecule has 1 fully saturated rings. The SMILES string of the molecule is CCCNc1nc(NCCC2CC2)nc(N(CC)CC)n1. The minimum absolute atomic E-state index is 0.669. The molecule has 0 saturated heterocycles. The molecular weight excluding hydrogens is 264 g/mol. The summed E-state index contributed by atoms with van der Waals surface area (Å²) in [6.45, 7) is 9.99. The third-order valence-corrected chi connectivity index (χ3v) is 3.74. The highest BCUT2D eigenvalue weighted by Gasteiger charge is 2.20. The van der Waals surface area contributed by atoms with E-state index in [2.05, 4.69) is 51.3 Å². The van der Waals surface area contributed by atoms with Gasteiger partial charge in [0.15, 0.2) is 0 Å². The molecule has 0 amide bonds. The summed E-state index contributed by atoms with van der Waals surface area (Å²) in [7, 11) is 0. The Bertz CT molecular complexity index is 428. The number of nitrogens with one attached hydrogen (secondary N) is 2. The van der Waals surface area contributed by atoms with Crippen molar-refractivity contribution in [2.24, 2.45) is 5.92 Å². The topological polar surface area (TPSA) is 66.0 Å². The van der Waals surface area contributed by atoms with E-state index in [0.29, 0.717) is 11.9 Å². The highest BCUT2D eigenvalue weighted by atomic mass is 15.3. The number of hydrogen-bond acceptors (Lipinski definition) is 6. The van der Waals surface area contributed by atoms with Crippen LogP contribution in [0.25, 0.3) is 0 Å². The molecular formula is C15H28N6. The van der Waals surface area contributed by atoms with Crippen molar-refractivity contribution in [2.45, 2.75) is 46.5 Å². The van der Waals surface area contributed by atoms with E-state index in [0.717, 1.165) is 44.5 Å². The fraction of sp³-hybridized carbons (Fsp3) is 0.800. The lowest BCUT2D eigenvalue weighted by Gasteiger charge is -2.19. The van der Waals surface area contributed by atoms with Gasteiger partial charge < -0.3 is 15.5 Å². The van der Waals surface area contributed by atoms with E-state index in [1.807, 2.05) is 0 Å². The van der Waals surface area contributed by atoms with Crippen molar-refractivity contribution in [1.82, 2.24) is 15.0 Å². The summed E-state index contributed by atoms with van der Waals surface area (Å²) in [5.41, 5.74) is 0. The van der Waals surface area contributed by atoms with Crippen LogP contribution in [0.1, 0.15) is 46.5 Å². The molecule has 1 heterocycles. The summed E-state index contributed by atoms with van der Waals surface area (Å²) in [4.78, 5) is 15.7. The summed E-state index contributed by atoms with van der Waals surface area (Å²) in [5, 5.41) is 6.61. The highest BCUT2D eigenvalue weighted by molar-refractivity contribution is 5.43. The molecule has 0 spiro atoms. The molecule has 6 heteroatoms. The lowest BCUT2D eigenvalue weighted by Crippen LogP contribution is -2.25. The second-order valence-electron chi connectivity index (χ2n) is 5.54. The molecule has 1 aliphatic carbocycles. The fourth-order valence-electron chi connectivity index (χ4n) is 2.20. The van der Waals surface area contributed by atoms with E-state index in [1.165, 1.54) is 19.3 Å². The third-order valence-electron chi connectivity index (χ3n) is 3.74. The minimum Gasteiger partial charge on any atom is -0.354 e. The summed E-state index contributed by atoms with van der Waals surface area (Å²) >= 11 is 0. The standard InChI is InChI=1S/C15H28N6/c1-4-10-16-13-18-14(17-11-9-12-7-8-12)20-15(19-13)21(5-2)6-3/h12H,4-11H2,1-3H3,(H2,16,17,18,19,20). The molecule has 0 aromatic carbocycles. The molecule has 6 nitrogen and oxygen atoms in total. The molecule has 1 aliphatic rings. The molecule has 1 aromatic rings. The van der Waals surface area contributed by atoms with Gasteiger partial charge in [-0.05, 0) is 32.6 Å². The Morgan fingerprint density at radius 3 is 2.10 bits per heavy atom. The van der Waals surface area contributed by atoms with Crippen LogP contribution in [0.4, 0.5) is 17.8 Å². The Labute approximate surface area is 127 Å². The number of nitrogens with zero attached hydrogens (tertiary/aromatic N) is 4. The van der Waals surface area contributed by atoms with Gasteiger partial charge in [-0.25, -0.2) is 0 Å². The van der Waals surface area contributed by atoms with Gasteiger partial charge in [0.25, 0.3) is 0 Å². The smallest absolute Gasteiger partial charge is 0.231 e. The van der Waals surface area contributed by atoms with Crippen LogP contribution in [0.2, 0.25) is 0 Å². The van der Waals surface area contributed by atoms with Crippen molar-refractivity contribution in [1.29, 1.82) is 0 Å². The van der Waals surface area contributed by atoms with E-state index in [1.54, 1.807) is 0 Å². The van der Waals surface area contributed by atoms with Crippen molar-refractivity contribution in [3.8, 4) is 0 Å². The molecule has 0 atom stereocenters. The van der Waals surface area contributed by atoms with Crippen LogP contribution in [-0.2, 0) is 0 Å². The van der Waals surface area contributed by atoms with Gasteiger partial charge in [-0.2, -0.15) is 15.0 Å². The predicted octanol–water partition coefficient (Wildman–Crippen LogP) is 2.75. The minimum atomic E-state index is 0.669. The number of aromatic nitrogens is 3. The highest BCUT2D eigenvalue weighted by Crippen LogP contribution is 2.32. The molecule has 0 aliphatic heterocycles. The van der Waals surface area contributed by atoms with Crippen LogP contribution < -0.4 is 15.5 Å². The first-order valence-electron chi connectivity index (χ1n) is 8.25. The predicted molar refractivity (Wildman–Crippen MR) is 88.0 cm³/mol. The van der Waals surface area contributed by atoms with Crippen molar-refractivity contribution in [3.63, 3.8) is 0 Å². The van der Waals surface area contributed by atoms with Gasteiger partial charge in [0.05, 0.1) is 0 Å². The largest absolute Gasteiger partial charge is 0.354 e. The van der Waals surface area contributed by atoms with Gasteiger partial charge in [-0.15, -0.1) is 0 Å². The maximum absolute atomic E-state index is 4.55. The fourth-order valence-corrected chi connectivity index (χ4v) is 2.20. The van der Waals surface area contributed by atoms with Crippen LogP contribution in [0.15, 0.2) is 0 Å². The summed E-state index contributed by atoms with van der Waals surface area (Å²) in [6.07, 6.45) is 5.03. The van der Waals surface area contributed by atoms with Gasteiger partial charge >= 0.3 is 0 Å². The van der Waals surface area contributed by atoms with Crippen LogP contribution in [-0.4, -0.2) is 41.1 Å². The molecule has 0 unspecified atom stereocenters. The lowest BCUT2D eigenvalue weighted by atomic mass is 10.3. The van der Waals surface area contributed by atoms with Crippen LogP contribution in [0, 0.1) is 5.92 Å². The van der Waals surface area contributed by atoms with E-state index >= 15 is 0 Å². The van der Waals surface area contributed by atoms with Crippen LogP contribution in [0.5, 0.6) is 0 Å². The van der Waals surface area contributed by atoms with Crippen LogP contribution >= 0.6 is 0 Å². The first kappa shape index (κ1) is 15.8. The quantitative estimate of drug-likeness (QED) is 0.691. The molecule has 2 N–H and O–H groups in total. The summed E-state index contributed by atoms with van der Waals surface area (Å²) in [5.74, 6) is 3.02. The second kappa shape index (κ2) is 8.00. The molecule has 1 saturated carbocycles. The first-order chi connectivity index (χ1) is 10.3. The third kappa shape index (κ3) is 5.02. The Morgan fingerprint density at radius 2 is 1.57 bits per heavy atom. The summed E-state index contributed by atoms with van der Waals surface area (Å²) < 4.78 is 0. The van der Waals surface area contributed by atoms with E-state index in [4.69, 9.17) is 0 Å². The zero-order chi connectivity index (χ0) is 15.1. The van der Waals surface area contributed by atoms with Crippen molar-refractivity contribution in [3.05, 3.63) is 0 Å². The van der Waals surface area contributed by atoms with E-state index < -0.39 is 0 Å². The van der Waals surface area contributed by atoms with Gasteiger partial charge in [0, 0.05) is 26.2 Å². The maximum Gasteiger partial charge on any atom is 0.231 e. The zero-order valence-electron chi connectivity index (χ0n) is 13.5. The molecule has 0 radical (unpaired) electrons. The Balaban J connectivity index is 2.05. The number of rotatable bonds is 10. The molecule has 21 heavy (non-hydrogen) atoms. The second-order valence-corrected chi connectivity index (χ2v) is 5.54. The average Bonchev–Trinajstić information content (AvgIpc) is 3.31. The number of anilines is 3. The average molecular weight is 292 g/mol. The van der Waals surface area contributed by atoms with Gasteiger partial charge in [0.1, 0.15) is 0 Å². The first-order valence-corrected chi connectivity index (χ1v) is 8.25. The zero-order valence-corrected chi connectivity index (χ0v) is 13.5. The molecule has 0 bridgehead atoms. The summed E-state index contributed by atoms with van der Waals surface area (Å²) in [6, 6.07) is 0. The maximum atomic E-state index is 4.55. The van der Waals surface area contributed by atoms with E-state index in [9.17, 15) is 0 Å². The van der Waals surface area contributed by atoms with E-state index in [-0.39, 0.29) is 0 Å². The number of hydrogen-bond donors (Lipinski definition) is 2. The van der Waals surface area contributed by atoms with Crippen LogP contribution in [0.3, 0.4) is 0 Å². The van der Waals surface area contributed by atoms with Gasteiger partial charge in [0.2, 0.25) is 17.8 Å². The Kier molecular flexibility index (Phi) is 6.02. The van der Waals surface area contributed by atoms with Gasteiger partial charge in [-0.3, -0.25) is 0 Å². The monoisotopic (exact) mass is 292 g/mol. The molecule has 1 aromatic heterocycles. The van der Waals surface area contributed by atoms with Crippen molar-refractivity contribution >= 4 is 17.8 Å². The van der Waals surface area contributed by atoms with Gasteiger partial charge in [-0.1, -0.05) is 19.8 Å². The normalized spacial score (nSPS) is 14.0. The Hall–Kier alpha value is -1.59. The molecule has 118 valence electrons. The Morgan fingerprint density at radius 1 is 0.952 bits per heavy atom. The molecule has 2 rings (SSSR count). The van der Waals surface area contributed by atoms with Crippen molar-refractivity contribution in [2.75, 3.05) is 41.7 Å².